The highest BCUT2D eigenvalue weighted by atomic mass is 19.4. The smallest absolute Gasteiger partial charge is 0.378 e. The number of rotatable bonds is 5. The summed E-state index contributed by atoms with van der Waals surface area (Å²) in [5.74, 6) is 0.0660. The molecule has 1 aliphatic heterocycles. The molecular formula is C18H21F3N4O2. The first kappa shape index (κ1) is 18.2. The summed E-state index contributed by atoms with van der Waals surface area (Å²) in [4.78, 5) is 20.6. The molecule has 1 amide bonds. The van der Waals surface area contributed by atoms with E-state index in [1.807, 2.05) is 0 Å². The standard InChI is InChI=1S/C18H21F3N4O2/c19-18(20,21)11-9-14-16(22-10-11)25(12-3-1-4-12)17(23-14)24-15(26)7-6-13-5-2-8-27-13/h9-10,12-13H,1-8H2,(H,23,24,26). The van der Waals surface area contributed by atoms with Crippen molar-refractivity contribution >= 4 is 23.0 Å². The summed E-state index contributed by atoms with van der Waals surface area (Å²) in [5.41, 5.74) is -0.321. The molecule has 0 radical (unpaired) electrons. The molecule has 2 aliphatic rings. The maximum absolute atomic E-state index is 13.0. The molecule has 1 saturated carbocycles. The molecular weight excluding hydrogens is 361 g/mol. The Kier molecular flexibility index (Phi) is 4.79. The number of pyridine rings is 1. The third-order valence-corrected chi connectivity index (χ3v) is 5.27. The number of amides is 1. The van der Waals surface area contributed by atoms with Crippen molar-refractivity contribution in [3.05, 3.63) is 17.8 Å². The molecule has 0 bridgehead atoms. The topological polar surface area (TPSA) is 69.0 Å². The van der Waals surface area contributed by atoms with Crippen molar-refractivity contribution < 1.29 is 22.7 Å². The molecule has 3 heterocycles. The van der Waals surface area contributed by atoms with Gasteiger partial charge in [0.05, 0.1) is 11.7 Å². The minimum Gasteiger partial charge on any atom is -0.378 e. The van der Waals surface area contributed by atoms with Crippen LogP contribution in [0.2, 0.25) is 0 Å². The molecule has 2 aromatic heterocycles. The number of nitrogens with zero attached hydrogens (tertiary/aromatic N) is 3. The average molecular weight is 382 g/mol. The van der Waals surface area contributed by atoms with Crippen LogP contribution in [0.5, 0.6) is 0 Å². The predicted molar refractivity (Wildman–Crippen MR) is 92.3 cm³/mol. The number of imidazole rings is 1. The second kappa shape index (κ2) is 7.10. The number of fused-ring (bicyclic) bond motifs is 1. The molecule has 0 spiro atoms. The number of aromatic nitrogens is 3. The lowest BCUT2D eigenvalue weighted by Crippen LogP contribution is -2.23. The highest BCUT2D eigenvalue weighted by Gasteiger charge is 2.33. The van der Waals surface area contributed by atoms with Crippen molar-refractivity contribution in [3.8, 4) is 0 Å². The van der Waals surface area contributed by atoms with Gasteiger partial charge in [0.15, 0.2) is 5.65 Å². The van der Waals surface area contributed by atoms with Crippen molar-refractivity contribution in [3.63, 3.8) is 0 Å². The minimum atomic E-state index is -4.48. The van der Waals surface area contributed by atoms with E-state index < -0.39 is 11.7 Å². The number of hydrogen-bond donors (Lipinski definition) is 1. The molecule has 1 unspecified atom stereocenters. The average Bonchev–Trinajstić information content (AvgIpc) is 3.19. The molecule has 1 saturated heterocycles. The summed E-state index contributed by atoms with van der Waals surface area (Å²) >= 11 is 0. The van der Waals surface area contributed by atoms with Crippen LogP contribution in [-0.4, -0.2) is 33.2 Å². The third kappa shape index (κ3) is 3.78. The van der Waals surface area contributed by atoms with Crippen LogP contribution in [0.3, 0.4) is 0 Å². The van der Waals surface area contributed by atoms with Gasteiger partial charge < -0.3 is 4.74 Å². The molecule has 1 atom stereocenters. The maximum atomic E-state index is 13.0. The Hall–Kier alpha value is -2.16. The van der Waals surface area contributed by atoms with E-state index in [-0.39, 0.29) is 29.5 Å². The van der Waals surface area contributed by atoms with Gasteiger partial charge in [-0.3, -0.25) is 14.7 Å². The number of ether oxygens (including phenoxy) is 1. The zero-order chi connectivity index (χ0) is 19.0. The lowest BCUT2D eigenvalue weighted by Gasteiger charge is -2.28. The van der Waals surface area contributed by atoms with Crippen molar-refractivity contribution in [2.24, 2.45) is 0 Å². The molecule has 9 heteroatoms. The summed E-state index contributed by atoms with van der Waals surface area (Å²) in [5, 5.41) is 2.77. The van der Waals surface area contributed by atoms with E-state index in [9.17, 15) is 18.0 Å². The maximum Gasteiger partial charge on any atom is 0.417 e. The van der Waals surface area contributed by atoms with Gasteiger partial charge in [-0.25, -0.2) is 9.97 Å². The lowest BCUT2D eigenvalue weighted by atomic mass is 9.93. The van der Waals surface area contributed by atoms with Crippen LogP contribution in [-0.2, 0) is 15.7 Å². The Balaban J connectivity index is 1.57. The quantitative estimate of drug-likeness (QED) is 0.846. The summed E-state index contributed by atoms with van der Waals surface area (Å²) in [7, 11) is 0. The van der Waals surface area contributed by atoms with E-state index >= 15 is 0 Å². The second-order valence-corrected chi connectivity index (χ2v) is 7.18. The molecule has 6 nitrogen and oxygen atoms in total. The summed E-state index contributed by atoms with van der Waals surface area (Å²) < 4.78 is 46.2. The SMILES string of the molecule is O=C(CCC1CCCO1)Nc1nc2cc(C(F)(F)F)cnc2n1C1CCC1. The number of carbonyl (C=O) groups is 1. The van der Waals surface area contributed by atoms with Gasteiger partial charge >= 0.3 is 6.18 Å². The fourth-order valence-electron chi connectivity index (χ4n) is 3.57. The molecule has 0 aromatic carbocycles. The Morgan fingerprint density at radius 2 is 2.11 bits per heavy atom. The highest BCUT2D eigenvalue weighted by Crippen LogP contribution is 2.38. The Labute approximate surface area is 154 Å². The number of halogens is 3. The van der Waals surface area contributed by atoms with Gasteiger partial charge in [-0.05, 0) is 44.6 Å². The van der Waals surface area contributed by atoms with E-state index in [0.717, 1.165) is 51.0 Å². The highest BCUT2D eigenvalue weighted by molar-refractivity contribution is 5.91. The van der Waals surface area contributed by atoms with Crippen LogP contribution >= 0.6 is 0 Å². The van der Waals surface area contributed by atoms with E-state index in [1.165, 1.54) is 0 Å². The van der Waals surface area contributed by atoms with Gasteiger partial charge in [0.2, 0.25) is 11.9 Å². The normalized spacial score (nSPS) is 20.8. The van der Waals surface area contributed by atoms with Crippen LogP contribution in [0, 0.1) is 0 Å². The van der Waals surface area contributed by atoms with Crippen molar-refractivity contribution in [2.75, 3.05) is 11.9 Å². The first-order valence-electron chi connectivity index (χ1n) is 9.28. The molecule has 4 rings (SSSR count). The van der Waals surface area contributed by atoms with E-state index in [2.05, 4.69) is 15.3 Å². The first-order chi connectivity index (χ1) is 12.9. The van der Waals surface area contributed by atoms with Gasteiger partial charge in [0.1, 0.15) is 5.52 Å². The monoisotopic (exact) mass is 382 g/mol. The fraction of sp³-hybridized carbons (Fsp3) is 0.611. The molecule has 2 fully saturated rings. The van der Waals surface area contributed by atoms with Crippen LogP contribution in [0.4, 0.5) is 19.1 Å². The summed E-state index contributed by atoms with van der Waals surface area (Å²) in [6, 6.07) is 1.09. The van der Waals surface area contributed by atoms with Crippen molar-refractivity contribution in [1.29, 1.82) is 0 Å². The van der Waals surface area contributed by atoms with E-state index in [1.54, 1.807) is 4.57 Å². The number of alkyl halides is 3. The summed E-state index contributed by atoms with van der Waals surface area (Å²) in [6.45, 7) is 0.733. The van der Waals surface area contributed by atoms with E-state index in [0.29, 0.717) is 18.5 Å². The largest absolute Gasteiger partial charge is 0.417 e. The van der Waals surface area contributed by atoms with Crippen LogP contribution < -0.4 is 5.32 Å². The number of hydrogen-bond acceptors (Lipinski definition) is 4. The number of anilines is 1. The summed E-state index contributed by atoms with van der Waals surface area (Å²) in [6.07, 6.45) is 2.17. The van der Waals surface area contributed by atoms with Crippen LogP contribution in [0.15, 0.2) is 12.3 Å². The van der Waals surface area contributed by atoms with E-state index in [4.69, 9.17) is 4.74 Å². The Bertz CT molecular complexity index is 839. The molecule has 1 aliphatic carbocycles. The third-order valence-electron chi connectivity index (χ3n) is 5.27. The van der Waals surface area contributed by atoms with Crippen LogP contribution in [0.1, 0.15) is 56.6 Å². The van der Waals surface area contributed by atoms with Gasteiger partial charge in [-0.1, -0.05) is 0 Å². The lowest BCUT2D eigenvalue weighted by molar-refractivity contribution is -0.137. The van der Waals surface area contributed by atoms with Crippen molar-refractivity contribution in [1.82, 2.24) is 14.5 Å². The molecule has 1 N–H and O–H groups in total. The first-order valence-corrected chi connectivity index (χ1v) is 9.28. The van der Waals surface area contributed by atoms with Gasteiger partial charge in [-0.15, -0.1) is 0 Å². The Morgan fingerprint density at radius 1 is 1.30 bits per heavy atom. The zero-order valence-corrected chi connectivity index (χ0v) is 14.8. The second-order valence-electron chi connectivity index (χ2n) is 7.18. The minimum absolute atomic E-state index is 0.104. The molecule has 27 heavy (non-hydrogen) atoms. The number of carbonyl (C=O) groups excluding carboxylic acids is 1. The van der Waals surface area contributed by atoms with Gasteiger partial charge in [0, 0.05) is 25.3 Å². The number of nitrogens with one attached hydrogen (secondary N) is 1. The van der Waals surface area contributed by atoms with Gasteiger partial charge in [0.25, 0.3) is 0 Å². The fourth-order valence-corrected chi connectivity index (χ4v) is 3.57. The molecule has 2 aromatic rings. The zero-order valence-electron chi connectivity index (χ0n) is 14.8. The Morgan fingerprint density at radius 3 is 2.74 bits per heavy atom. The van der Waals surface area contributed by atoms with Crippen molar-refractivity contribution in [2.45, 2.75) is 63.3 Å². The predicted octanol–water partition coefficient (Wildman–Crippen LogP) is 4.07. The van der Waals surface area contributed by atoms with Gasteiger partial charge in [-0.2, -0.15) is 13.2 Å². The van der Waals surface area contributed by atoms with Crippen LogP contribution in [0.25, 0.3) is 11.2 Å². The molecule has 146 valence electrons.